The number of nitrogens with zero attached hydrogens (tertiary/aromatic N) is 3. The fraction of sp³-hybridized carbons (Fsp3) is 0.474. The van der Waals surface area contributed by atoms with Gasteiger partial charge in [0, 0.05) is 24.5 Å². The number of likely N-dealkylation sites (tertiary alicyclic amines) is 1. The molecular weight excluding hydrogens is 300 g/mol. The van der Waals surface area contributed by atoms with E-state index in [4.69, 9.17) is 0 Å². The molecule has 1 aromatic heterocycles. The van der Waals surface area contributed by atoms with Gasteiger partial charge in [0.25, 0.3) is 0 Å². The first-order valence-electron chi connectivity index (χ1n) is 8.81. The van der Waals surface area contributed by atoms with Crippen LogP contribution in [0, 0.1) is 13.8 Å². The third kappa shape index (κ3) is 2.68. The topological polar surface area (TPSA) is 50.2 Å². The molecule has 5 heteroatoms. The van der Waals surface area contributed by atoms with Crippen molar-refractivity contribution in [3.63, 3.8) is 0 Å². The zero-order chi connectivity index (χ0) is 16.7. The molecule has 2 aromatic rings. The van der Waals surface area contributed by atoms with E-state index in [0.29, 0.717) is 0 Å². The maximum atomic E-state index is 12.7. The Morgan fingerprint density at radius 2 is 2.17 bits per heavy atom. The van der Waals surface area contributed by atoms with Gasteiger partial charge in [-0.1, -0.05) is 12.1 Å². The molecule has 2 heterocycles. The lowest BCUT2D eigenvalue weighted by Gasteiger charge is -2.19. The first kappa shape index (κ1) is 15.2. The van der Waals surface area contributed by atoms with Crippen molar-refractivity contribution < 1.29 is 4.79 Å². The van der Waals surface area contributed by atoms with Gasteiger partial charge >= 0.3 is 6.03 Å². The van der Waals surface area contributed by atoms with Crippen molar-refractivity contribution in [2.45, 2.75) is 45.6 Å². The number of rotatable bonds is 2. The molecule has 1 atom stereocenters. The van der Waals surface area contributed by atoms with Crippen LogP contribution >= 0.6 is 0 Å². The van der Waals surface area contributed by atoms with E-state index in [9.17, 15) is 4.79 Å². The molecule has 2 aliphatic rings. The Morgan fingerprint density at radius 1 is 1.29 bits per heavy atom. The standard InChI is InChI=1S/C19H24N4O/c1-13-11-14(2)23(21-13)16-9-10-22(12-16)19(24)20-18-8-4-6-15-5-3-7-17(15)18/h4,6,8,11,16H,3,5,7,9-10,12H2,1-2H3,(H,20,24)/t16-/m0/s1. The van der Waals surface area contributed by atoms with Gasteiger partial charge in [-0.15, -0.1) is 0 Å². The van der Waals surface area contributed by atoms with Crippen molar-refractivity contribution in [1.29, 1.82) is 0 Å². The van der Waals surface area contributed by atoms with Crippen molar-refractivity contribution in [3.8, 4) is 0 Å². The van der Waals surface area contributed by atoms with Crippen LogP contribution in [-0.2, 0) is 12.8 Å². The zero-order valence-corrected chi connectivity index (χ0v) is 14.4. The van der Waals surface area contributed by atoms with Gasteiger partial charge in [-0.05, 0) is 62.8 Å². The Morgan fingerprint density at radius 3 is 2.96 bits per heavy atom. The maximum absolute atomic E-state index is 12.7. The van der Waals surface area contributed by atoms with E-state index in [-0.39, 0.29) is 12.1 Å². The number of benzene rings is 1. The number of amides is 2. The van der Waals surface area contributed by atoms with Gasteiger partial charge < -0.3 is 10.2 Å². The molecular formula is C19H24N4O. The molecule has 1 aliphatic carbocycles. The second-order valence-corrected chi connectivity index (χ2v) is 6.99. The SMILES string of the molecule is Cc1cc(C)n([C@H]2CCN(C(=O)Nc3cccc4c3CCC4)C2)n1. The van der Waals surface area contributed by atoms with Crippen molar-refractivity contribution in [3.05, 3.63) is 46.8 Å². The lowest BCUT2D eigenvalue weighted by molar-refractivity contribution is 0.220. The minimum atomic E-state index is 0.0133. The quantitative estimate of drug-likeness (QED) is 0.919. The van der Waals surface area contributed by atoms with E-state index in [1.54, 1.807) is 0 Å². The van der Waals surface area contributed by atoms with Gasteiger partial charge in [-0.25, -0.2) is 4.79 Å². The molecule has 0 radical (unpaired) electrons. The van der Waals surface area contributed by atoms with Crippen LogP contribution in [-0.4, -0.2) is 33.8 Å². The highest BCUT2D eigenvalue weighted by molar-refractivity contribution is 5.90. The van der Waals surface area contributed by atoms with E-state index in [0.717, 1.165) is 43.7 Å². The molecule has 126 valence electrons. The van der Waals surface area contributed by atoms with Crippen LogP contribution in [0.15, 0.2) is 24.3 Å². The third-order valence-electron chi connectivity index (χ3n) is 5.23. The molecule has 4 rings (SSSR count). The smallest absolute Gasteiger partial charge is 0.321 e. The number of aromatic nitrogens is 2. The highest BCUT2D eigenvalue weighted by Crippen LogP contribution is 2.30. The molecule has 0 spiro atoms. The molecule has 1 aliphatic heterocycles. The Bertz CT molecular complexity index is 780. The summed E-state index contributed by atoms with van der Waals surface area (Å²) >= 11 is 0. The van der Waals surface area contributed by atoms with Crippen LogP contribution in [0.1, 0.15) is 41.4 Å². The van der Waals surface area contributed by atoms with Gasteiger partial charge in [0.15, 0.2) is 0 Å². The number of carbonyl (C=O) groups is 1. The Labute approximate surface area is 142 Å². The molecule has 0 unspecified atom stereocenters. The summed E-state index contributed by atoms with van der Waals surface area (Å²) in [6.07, 6.45) is 4.34. The lowest BCUT2D eigenvalue weighted by Crippen LogP contribution is -2.33. The second kappa shape index (κ2) is 5.96. The molecule has 5 nitrogen and oxygen atoms in total. The van der Waals surface area contributed by atoms with Crippen molar-refractivity contribution >= 4 is 11.7 Å². The largest absolute Gasteiger partial charge is 0.322 e. The first-order chi connectivity index (χ1) is 11.6. The predicted molar refractivity (Wildman–Crippen MR) is 94.4 cm³/mol. The monoisotopic (exact) mass is 324 g/mol. The van der Waals surface area contributed by atoms with Crippen LogP contribution in [0.25, 0.3) is 0 Å². The molecule has 1 fully saturated rings. The summed E-state index contributed by atoms with van der Waals surface area (Å²) in [7, 11) is 0. The predicted octanol–water partition coefficient (Wildman–Crippen LogP) is 3.47. The van der Waals surface area contributed by atoms with E-state index >= 15 is 0 Å². The number of fused-ring (bicyclic) bond motifs is 1. The molecule has 0 bridgehead atoms. The van der Waals surface area contributed by atoms with Crippen LogP contribution in [0.4, 0.5) is 10.5 Å². The minimum absolute atomic E-state index is 0.0133. The van der Waals surface area contributed by atoms with Crippen molar-refractivity contribution in [2.75, 3.05) is 18.4 Å². The Kier molecular flexibility index (Phi) is 3.79. The Hall–Kier alpha value is -2.30. The highest BCUT2D eigenvalue weighted by atomic mass is 16.2. The van der Waals surface area contributed by atoms with Gasteiger partial charge in [0.1, 0.15) is 0 Å². The zero-order valence-electron chi connectivity index (χ0n) is 14.4. The van der Waals surface area contributed by atoms with Crippen LogP contribution in [0.5, 0.6) is 0 Å². The van der Waals surface area contributed by atoms with E-state index in [1.807, 2.05) is 24.0 Å². The van der Waals surface area contributed by atoms with Crippen LogP contribution < -0.4 is 5.32 Å². The lowest BCUT2D eigenvalue weighted by atomic mass is 10.1. The van der Waals surface area contributed by atoms with Crippen LogP contribution in [0.2, 0.25) is 0 Å². The second-order valence-electron chi connectivity index (χ2n) is 6.99. The number of hydrogen-bond donors (Lipinski definition) is 1. The normalized spacial score (nSPS) is 19.6. The van der Waals surface area contributed by atoms with Crippen molar-refractivity contribution in [2.24, 2.45) is 0 Å². The average molecular weight is 324 g/mol. The summed E-state index contributed by atoms with van der Waals surface area (Å²) in [5.74, 6) is 0. The van der Waals surface area contributed by atoms with E-state index in [1.165, 1.54) is 23.2 Å². The molecule has 1 aromatic carbocycles. The molecule has 24 heavy (non-hydrogen) atoms. The van der Waals surface area contributed by atoms with Crippen molar-refractivity contribution in [1.82, 2.24) is 14.7 Å². The highest BCUT2D eigenvalue weighted by Gasteiger charge is 2.29. The fourth-order valence-electron chi connectivity index (χ4n) is 4.07. The number of aryl methyl sites for hydroxylation is 3. The average Bonchev–Trinajstić information content (AvgIpc) is 3.26. The van der Waals surface area contributed by atoms with Crippen LogP contribution in [0.3, 0.4) is 0 Å². The van der Waals surface area contributed by atoms with E-state index < -0.39 is 0 Å². The summed E-state index contributed by atoms with van der Waals surface area (Å²) in [6, 6.07) is 8.63. The number of hydrogen-bond acceptors (Lipinski definition) is 2. The maximum Gasteiger partial charge on any atom is 0.321 e. The number of anilines is 1. The molecule has 1 N–H and O–H groups in total. The minimum Gasteiger partial charge on any atom is -0.322 e. The number of nitrogens with one attached hydrogen (secondary N) is 1. The fourth-order valence-corrected chi connectivity index (χ4v) is 4.07. The Balaban J connectivity index is 1.45. The summed E-state index contributed by atoms with van der Waals surface area (Å²) < 4.78 is 2.07. The molecule has 2 amide bonds. The summed E-state index contributed by atoms with van der Waals surface area (Å²) in [5.41, 5.74) is 5.90. The molecule has 1 saturated heterocycles. The third-order valence-corrected chi connectivity index (χ3v) is 5.23. The summed E-state index contributed by atoms with van der Waals surface area (Å²) in [5, 5.41) is 7.71. The van der Waals surface area contributed by atoms with Gasteiger partial charge in [-0.3, -0.25) is 4.68 Å². The number of carbonyl (C=O) groups excluding carboxylic acids is 1. The number of urea groups is 1. The van der Waals surface area contributed by atoms with Gasteiger partial charge in [0.05, 0.1) is 11.7 Å². The summed E-state index contributed by atoms with van der Waals surface area (Å²) in [4.78, 5) is 14.6. The molecule has 0 saturated carbocycles. The summed E-state index contributed by atoms with van der Waals surface area (Å²) in [6.45, 7) is 5.60. The van der Waals surface area contributed by atoms with Gasteiger partial charge in [0.2, 0.25) is 0 Å². The van der Waals surface area contributed by atoms with E-state index in [2.05, 4.69) is 34.2 Å². The van der Waals surface area contributed by atoms with Gasteiger partial charge in [-0.2, -0.15) is 5.10 Å². The first-order valence-corrected chi connectivity index (χ1v) is 8.81.